The first-order chi connectivity index (χ1) is 5.29. The summed E-state index contributed by atoms with van der Waals surface area (Å²) in [6.07, 6.45) is 0. The average Bonchev–Trinajstić information content (AvgIpc) is 2.45. The number of nitrogens with zero attached hydrogens (tertiary/aromatic N) is 1. The maximum Gasteiger partial charge on any atom is 0.324 e. The van der Waals surface area contributed by atoms with Crippen LogP contribution in [0.25, 0.3) is 10.2 Å². The Labute approximate surface area is 96.5 Å². The SMILES string of the molecule is Clc1ccc2ns[s+]c2c1Br.[Cl-]. The van der Waals surface area contributed by atoms with Crippen LogP contribution in [0.15, 0.2) is 16.6 Å². The largest absolute Gasteiger partial charge is 1.00 e. The number of benzene rings is 1. The van der Waals surface area contributed by atoms with Crippen LogP contribution in [0.3, 0.4) is 0 Å². The van der Waals surface area contributed by atoms with Crippen molar-refractivity contribution in [3.63, 3.8) is 0 Å². The van der Waals surface area contributed by atoms with Crippen molar-refractivity contribution in [2.75, 3.05) is 0 Å². The Hall–Kier alpha value is 0.520. The number of hydrogen-bond acceptors (Lipinski definition) is 2. The molecule has 1 aromatic carbocycles. The molecule has 64 valence electrons. The van der Waals surface area contributed by atoms with E-state index in [9.17, 15) is 0 Å². The van der Waals surface area contributed by atoms with E-state index in [4.69, 9.17) is 11.6 Å². The molecule has 12 heavy (non-hydrogen) atoms. The van der Waals surface area contributed by atoms with Gasteiger partial charge in [-0.05, 0) is 28.1 Å². The van der Waals surface area contributed by atoms with Crippen molar-refractivity contribution in [2.24, 2.45) is 0 Å². The molecule has 0 saturated carbocycles. The van der Waals surface area contributed by atoms with Crippen LogP contribution in [0, 0.1) is 0 Å². The lowest BCUT2D eigenvalue weighted by molar-refractivity contribution is -0.00000186. The van der Waals surface area contributed by atoms with Crippen LogP contribution >= 0.6 is 48.4 Å². The van der Waals surface area contributed by atoms with Gasteiger partial charge in [0.15, 0.2) is 0 Å². The standard InChI is InChI=1S/C6H2BrClNS2.ClH/c7-5-3(8)1-2-4-6(5)10-11-9-4;/h1-2H;1H/q+1;/p-1. The zero-order valence-electron chi connectivity index (χ0n) is 5.55. The molecule has 0 N–H and O–H groups in total. The van der Waals surface area contributed by atoms with Crippen LogP contribution in [-0.2, 0) is 0 Å². The molecule has 0 aliphatic carbocycles. The molecule has 0 unspecified atom stereocenters. The first-order valence-electron chi connectivity index (χ1n) is 2.82. The summed E-state index contributed by atoms with van der Waals surface area (Å²) in [5, 5.41) is 0.744. The topological polar surface area (TPSA) is 12.9 Å². The third-order valence-corrected chi connectivity index (χ3v) is 4.79. The molecular weight excluding hydrogens is 301 g/mol. The van der Waals surface area contributed by atoms with Crippen molar-refractivity contribution in [1.82, 2.24) is 4.37 Å². The Morgan fingerprint density at radius 1 is 1.50 bits per heavy atom. The molecule has 0 spiro atoms. The quantitative estimate of drug-likeness (QED) is 0.524. The minimum absolute atomic E-state index is 0. The molecule has 1 aromatic heterocycles. The van der Waals surface area contributed by atoms with Crippen molar-refractivity contribution in [1.29, 1.82) is 0 Å². The van der Waals surface area contributed by atoms with Gasteiger partial charge in [0.2, 0.25) is 0 Å². The molecule has 0 saturated heterocycles. The van der Waals surface area contributed by atoms with Gasteiger partial charge in [0.25, 0.3) is 15.2 Å². The predicted octanol–water partition coefficient (Wildman–Crippen LogP) is 1.06. The monoisotopic (exact) mass is 301 g/mol. The number of fused-ring (bicyclic) bond motifs is 1. The molecule has 0 bridgehead atoms. The lowest BCUT2D eigenvalue weighted by atomic mass is 10.3. The zero-order valence-corrected chi connectivity index (χ0v) is 10.3. The van der Waals surface area contributed by atoms with E-state index in [1.54, 1.807) is 10.3 Å². The van der Waals surface area contributed by atoms with E-state index >= 15 is 0 Å². The molecule has 0 radical (unpaired) electrons. The van der Waals surface area contributed by atoms with Crippen LogP contribution in [0.2, 0.25) is 5.02 Å². The van der Waals surface area contributed by atoms with Crippen LogP contribution in [0.1, 0.15) is 0 Å². The van der Waals surface area contributed by atoms with Crippen LogP contribution in [0.4, 0.5) is 0 Å². The summed E-state index contributed by atoms with van der Waals surface area (Å²) in [5.74, 6) is 0. The van der Waals surface area contributed by atoms with E-state index in [1.807, 2.05) is 12.1 Å². The molecule has 2 aromatic rings. The number of aromatic nitrogens is 1. The predicted molar refractivity (Wildman–Crippen MR) is 54.6 cm³/mol. The van der Waals surface area contributed by atoms with Gasteiger partial charge in [-0.25, -0.2) is 0 Å². The van der Waals surface area contributed by atoms with Gasteiger partial charge in [-0.1, -0.05) is 11.6 Å². The highest BCUT2D eigenvalue weighted by Gasteiger charge is 2.15. The Morgan fingerprint density at radius 2 is 2.25 bits per heavy atom. The summed E-state index contributed by atoms with van der Waals surface area (Å²) in [4.78, 5) is 0. The van der Waals surface area contributed by atoms with Crippen LogP contribution in [-0.4, -0.2) is 4.37 Å². The maximum absolute atomic E-state index is 5.88. The summed E-state index contributed by atoms with van der Waals surface area (Å²) < 4.78 is 6.27. The third kappa shape index (κ3) is 1.72. The molecular formula is C6H2BrCl2NS2. The number of halogens is 3. The highest BCUT2D eigenvalue weighted by atomic mass is 79.9. The fourth-order valence-corrected chi connectivity index (χ4v) is 3.75. The Kier molecular flexibility index (Phi) is 3.67. The summed E-state index contributed by atoms with van der Waals surface area (Å²) in [7, 11) is 3.11. The summed E-state index contributed by atoms with van der Waals surface area (Å²) in [6, 6.07) is 3.77. The van der Waals surface area contributed by atoms with Gasteiger partial charge in [0, 0.05) is 0 Å². The van der Waals surface area contributed by atoms with E-state index in [2.05, 4.69) is 20.3 Å². The molecule has 0 atom stereocenters. The van der Waals surface area contributed by atoms with Crippen LogP contribution in [0.5, 0.6) is 0 Å². The van der Waals surface area contributed by atoms with Gasteiger partial charge >= 0.3 is 10.3 Å². The highest BCUT2D eigenvalue weighted by Crippen LogP contribution is 2.34. The second-order valence-electron chi connectivity index (χ2n) is 1.96. The number of rotatable bonds is 0. The fourth-order valence-electron chi connectivity index (χ4n) is 0.769. The van der Waals surface area contributed by atoms with Gasteiger partial charge in [-0.15, -0.1) is 4.37 Å². The second-order valence-corrected chi connectivity index (χ2v) is 5.01. The lowest BCUT2D eigenvalue weighted by Crippen LogP contribution is -3.00. The Morgan fingerprint density at radius 3 is 3.00 bits per heavy atom. The van der Waals surface area contributed by atoms with Gasteiger partial charge in [0.05, 0.1) is 5.02 Å². The molecule has 0 aliphatic heterocycles. The smallest absolute Gasteiger partial charge is 0.324 e. The van der Waals surface area contributed by atoms with Gasteiger partial charge in [-0.2, -0.15) is 0 Å². The summed E-state index contributed by atoms with van der Waals surface area (Å²) >= 11 is 9.29. The first kappa shape index (κ1) is 10.6. The van der Waals surface area contributed by atoms with E-state index in [0.717, 1.165) is 19.7 Å². The molecule has 1 heterocycles. The maximum atomic E-state index is 5.88. The Balaban J connectivity index is 0.000000720. The molecule has 0 fully saturated rings. The van der Waals surface area contributed by atoms with Gasteiger partial charge in [-0.3, -0.25) is 0 Å². The molecule has 0 amide bonds. The molecule has 0 aliphatic rings. The van der Waals surface area contributed by atoms with E-state index in [0.29, 0.717) is 0 Å². The highest BCUT2D eigenvalue weighted by molar-refractivity contribution is 9.10. The van der Waals surface area contributed by atoms with Crippen molar-refractivity contribution >= 4 is 58.6 Å². The second kappa shape index (κ2) is 4.15. The first-order valence-corrected chi connectivity index (χ1v) is 6.09. The number of hydrogen-bond donors (Lipinski definition) is 0. The summed E-state index contributed by atoms with van der Waals surface area (Å²) in [5.41, 5.74) is 1.01. The van der Waals surface area contributed by atoms with Crippen molar-refractivity contribution in [3.8, 4) is 0 Å². The van der Waals surface area contributed by atoms with E-state index < -0.39 is 0 Å². The fraction of sp³-hybridized carbons (Fsp3) is 0. The third-order valence-electron chi connectivity index (χ3n) is 1.29. The normalized spacial score (nSPS) is 9.83. The minimum Gasteiger partial charge on any atom is -1.00 e. The Bertz CT molecular complexity index is 403. The van der Waals surface area contributed by atoms with E-state index in [-0.39, 0.29) is 12.4 Å². The minimum atomic E-state index is 0. The van der Waals surface area contributed by atoms with Gasteiger partial charge < -0.3 is 12.4 Å². The van der Waals surface area contributed by atoms with Crippen molar-refractivity contribution in [2.45, 2.75) is 0 Å². The zero-order chi connectivity index (χ0) is 7.84. The lowest BCUT2D eigenvalue weighted by Gasteiger charge is -1.88. The average molecular weight is 303 g/mol. The molecule has 6 heteroatoms. The van der Waals surface area contributed by atoms with Gasteiger partial charge in [0.1, 0.15) is 9.99 Å². The van der Waals surface area contributed by atoms with Crippen molar-refractivity contribution < 1.29 is 12.4 Å². The van der Waals surface area contributed by atoms with Crippen molar-refractivity contribution in [3.05, 3.63) is 21.6 Å². The molecule has 2 rings (SSSR count). The molecule has 1 nitrogen and oxygen atoms in total. The summed E-state index contributed by atoms with van der Waals surface area (Å²) in [6.45, 7) is 0. The van der Waals surface area contributed by atoms with Crippen LogP contribution < -0.4 is 12.4 Å². The van der Waals surface area contributed by atoms with E-state index in [1.165, 1.54) is 10.5 Å².